The second-order valence-corrected chi connectivity index (χ2v) is 4.29. The summed E-state index contributed by atoms with van der Waals surface area (Å²) in [5.74, 6) is 0. The first kappa shape index (κ1) is 11.7. The van der Waals surface area contributed by atoms with Crippen LogP contribution in [0.3, 0.4) is 0 Å². The monoisotopic (exact) mass is 196 g/mol. The second-order valence-electron chi connectivity index (χ2n) is 4.29. The fourth-order valence-corrected chi connectivity index (χ4v) is 2.02. The third-order valence-corrected chi connectivity index (χ3v) is 2.84. The Morgan fingerprint density at radius 3 is 3.00 bits per heavy atom. The molecule has 1 heterocycles. The van der Waals surface area contributed by atoms with Gasteiger partial charge in [-0.05, 0) is 32.7 Å². The molecule has 1 aliphatic rings. The predicted molar refractivity (Wildman–Crippen MR) is 62.6 cm³/mol. The Morgan fingerprint density at radius 1 is 1.43 bits per heavy atom. The van der Waals surface area contributed by atoms with Gasteiger partial charge in [-0.15, -0.1) is 6.58 Å². The lowest BCUT2D eigenvalue weighted by molar-refractivity contribution is 0.203. The number of hydrogen-bond donors (Lipinski definition) is 1. The van der Waals surface area contributed by atoms with Gasteiger partial charge in [0, 0.05) is 25.7 Å². The molecule has 0 bridgehead atoms. The van der Waals surface area contributed by atoms with Crippen LogP contribution in [0, 0.1) is 0 Å². The van der Waals surface area contributed by atoms with E-state index in [1.807, 2.05) is 6.08 Å². The molecule has 0 spiro atoms. The first-order valence-electron chi connectivity index (χ1n) is 5.89. The van der Waals surface area contributed by atoms with Crippen LogP contribution < -0.4 is 5.32 Å². The van der Waals surface area contributed by atoms with Gasteiger partial charge in [0.05, 0.1) is 0 Å². The van der Waals surface area contributed by atoms with E-state index in [-0.39, 0.29) is 0 Å². The van der Waals surface area contributed by atoms with Crippen LogP contribution in [0.2, 0.25) is 0 Å². The van der Waals surface area contributed by atoms with Crippen molar-refractivity contribution >= 4 is 0 Å². The average molecular weight is 196 g/mol. The van der Waals surface area contributed by atoms with Crippen LogP contribution in [0.15, 0.2) is 12.7 Å². The van der Waals surface area contributed by atoms with Crippen LogP contribution >= 0.6 is 0 Å². The molecule has 82 valence electrons. The van der Waals surface area contributed by atoms with Gasteiger partial charge >= 0.3 is 0 Å². The summed E-state index contributed by atoms with van der Waals surface area (Å²) in [5.41, 5.74) is 0. The Hall–Kier alpha value is -0.340. The predicted octanol–water partition coefficient (Wildman–Crippen LogP) is 2.03. The summed E-state index contributed by atoms with van der Waals surface area (Å²) in [4.78, 5) is 2.58. The van der Waals surface area contributed by atoms with E-state index >= 15 is 0 Å². The lowest BCUT2D eigenvalue weighted by atomic mass is 10.1. The normalized spacial score (nSPS) is 23.6. The Labute approximate surface area is 88.4 Å². The third-order valence-electron chi connectivity index (χ3n) is 2.84. The van der Waals surface area contributed by atoms with Gasteiger partial charge in [-0.3, -0.25) is 0 Å². The van der Waals surface area contributed by atoms with Gasteiger partial charge in [0.2, 0.25) is 0 Å². The van der Waals surface area contributed by atoms with E-state index in [4.69, 9.17) is 0 Å². The van der Waals surface area contributed by atoms with Crippen LogP contribution in [0.25, 0.3) is 0 Å². The van der Waals surface area contributed by atoms with E-state index in [1.54, 1.807) is 0 Å². The maximum atomic E-state index is 3.74. The van der Waals surface area contributed by atoms with Gasteiger partial charge in [-0.25, -0.2) is 0 Å². The van der Waals surface area contributed by atoms with Gasteiger partial charge in [-0.1, -0.05) is 12.5 Å². The zero-order valence-corrected chi connectivity index (χ0v) is 9.47. The number of hydrogen-bond acceptors (Lipinski definition) is 2. The number of nitrogens with one attached hydrogen (secondary N) is 1. The number of rotatable bonds is 6. The lowest BCUT2D eigenvalue weighted by Gasteiger charge is -2.31. The van der Waals surface area contributed by atoms with Gasteiger partial charge < -0.3 is 10.2 Å². The smallest absolute Gasteiger partial charge is 0.0167 e. The van der Waals surface area contributed by atoms with Gasteiger partial charge in [0.15, 0.2) is 0 Å². The molecule has 0 amide bonds. The summed E-state index contributed by atoms with van der Waals surface area (Å²) in [6.45, 7) is 10.9. The minimum absolute atomic E-state index is 0.678. The lowest BCUT2D eigenvalue weighted by Crippen LogP contribution is -2.49. The van der Waals surface area contributed by atoms with Crippen molar-refractivity contribution in [3.05, 3.63) is 12.7 Å². The quantitative estimate of drug-likeness (QED) is 0.516. The first-order valence-corrected chi connectivity index (χ1v) is 5.89. The molecule has 2 heteroatoms. The largest absolute Gasteiger partial charge is 0.312 e. The molecule has 0 aromatic rings. The van der Waals surface area contributed by atoms with Crippen LogP contribution in [-0.4, -0.2) is 37.1 Å². The highest BCUT2D eigenvalue weighted by Gasteiger charge is 2.14. The van der Waals surface area contributed by atoms with Crippen LogP contribution in [-0.2, 0) is 0 Å². The zero-order chi connectivity index (χ0) is 10.2. The van der Waals surface area contributed by atoms with Crippen LogP contribution in [0.4, 0.5) is 0 Å². The van der Waals surface area contributed by atoms with Crippen LogP contribution in [0.1, 0.15) is 32.6 Å². The molecule has 0 aliphatic carbocycles. The molecule has 0 aromatic heterocycles. The molecular formula is C12H24N2. The van der Waals surface area contributed by atoms with E-state index < -0.39 is 0 Å². The van der Waals surface area contributed by atoms with E-state index in [9.17, 15) is 0 Å². The molecule has 1 N–H and O–H groups in total. The molecule has 1 atom stereocenters. The summed E-state index contributed by atoms with van der Waals surface area (Å²) in [6, 6.07) is 0.678. The minimum atomic E-state index is 0.678. The van der Waals surface area contributed by atoms with Crippen molar-refractivity contribution in [2.75, 3.05) is 26.2 Å². The standard InChI is InChI=1S/C12H24N2/c1-3-4-5-6-7-9-14-10-8-13-12(2)11-14/h3,12-13H,1,4-11H2,2H3/t12-/m1/s1. The summed E-state index contributed by atoms with van der Waals surface area (Å²) < 4.78 is 0. The minimum Gasteiger partial charge on any atom is -0.312 e. The summed E-state index contributed by atoms with van der Waals surface area (Å²) >= 11 is 0. The molecule has 1 rings (SSSR count). The molecule has 0 saturated carbocycles. The average Bonchev–Trinajstić information content (AvgIpc) is 2.18. The second kappa shape index (κ2) is 7.02. The fourth-order valence-electron chi connectivity index (χ4n) is 2.02. The molecule has 0 radical (unpaired) electrons. The van der Waals surface area contributed by atoms with Crippen molar-refractivity contribution in [1.82, 2.24) is 10.2 Å². The number of piperazine rings is 1. The molecular weight excluding hydrogens is 172 g/mol. The van der Waals surface area contributed by atoms with Crippen molar-refractivity contribution in [2.45, 2.75) is 38.6 Å². The summed E-state index contributed by atoms with van der Waals surface area (Å²) in [6.07, 6.45) is 7.21. The van der Waals surface area contributed by atoms with Gasteiger partial charge in [0.25, 0.3) is 0 Å². The Kier molecular flexibility index (Phi) is 5.88. The molecule has 0 unspecified atom stereocenters. The third kappa shape index (κ3) is 4.77. The van der Waals surface area contributed by atoms with E-state index in [1.165, 1.54) is 45.3 Å². The zero-order valence-electron chi connectivity index (χ0n) is 9.47. The summed E-state index contributed by atoms with van der Waals surface area (Å²) in [5, 5.41) is 3.47. The van der Waals surface area contributed by atoms with Gasteiger partial charge in [0.1, 0.15) is 0 Å². The first-order chi connectivity index (χ1) is 6.83. The van der Waals surface area contributed by atoms with Crippen molar-refractivity contribution in [3.63, 3.8) is 0 Å². The van der Waals surface area contributed by atoms with Crippen molar-refractivity contribution in [1.29, 1.82) is 0 Å². The SMILES string of the molecule is C=CCCCCCN1CCN[C@H](C)C1. The van der Waals surface area contributed by atoms with Gasteiger partial charge in [-0.2, -0.15) is 0 Å². The highest BCUT2D eigenvalue weighted by Crippen LogP contribution is 2.04. The molecule has 1 aliphatic heterocycles. The summed E-state index contributed by atoms with van der Waals surface area (Å²) in [7, 11) is 0. The van der Waals surface area contributed by atoms with Crippen molar-refractivity contribution in [2.24, 2.45) is 0 Å². The highest BCUT2D eigenvalue weighted by molar-refractivity contribution is 4.74. The van der Waals surface area contributed by atoms with E-state index in [0.717, 1.165) is 6.54 Å². The molecule has 0 aromatic carbocycles. The number of nitrogens with zero attached hydrogens (tertiary/aromatic N) is 1. The van der Waals surface area contributed by atoms with Crippen LogP contribution in [0.5, 0.6) is 0 Å². The number of unbranched alkanes of at least 4 members (excludes halogenated alkanes) is 3. The van der Waals surface area contributed by atoms with Crippen molar-refractivity contribution in [3.8, 4) is 0 Å². The highest BCUT2D eigenvalue weighted by atomic mass is 15.2. The van der Waals surface area contributed by atoms with Crippen molar-refractivity contribution < 1.29 is 0 Å². The van der Waals surface area contributed by atoms with E-state index in [2.05, 4.69) is 23.7 Å². The Bertz CT molecular complexity index is 156. The Balaban J connectivity index is 1.97. The topological polar surface area (TPSA) is 15.3 Å². The molecule has 1 fully saturated rings. The number of allylic oxidation sites excluding steroid dienone is 1. The molecule has 14 heavy (non-hydrogen) atoms. The maximum absolute atomic E-state index is 3.74. The Morgan fingerprint density at radius 2 is 2.29 bits per heavy atom. The molecule has 1 saturated heterocycles. The molecule has 2 nitrogen and oxygen atoms in total. The maximum Gasteiger partial charge on any atom is 0.0167 e. The van der Waals surface area contributed by atoms with E-state index in [0.29, 0.717) is 6.04 Å². The fraction of sp³-hybridized carbons (Fsp3) is 0.833.